The van der Waals surface area contributed by atoms with Gasteiger partial charge in [0.15, 0.2) is 6.10 Å². The van der Waals surface area contributed by atoms with Crippen molar-refractivity contribution in [2.45, 2.75) is 90.4 Å². The molecular weight excluding hydrogens is 540 g/mol. The predicted molar refractivity (Wildman–Crippen MR) is 172 cm³/mol. The Bertz CT molecular complexity index is 1400. The summed E-state index contributed by atoms with van der Waals surface area (Å²) < 4.78 is 12.0. The fraction of sp³-hybridized carbons (Fsp3) is 0.417. The molecule has 2 amide bonds. The number of methoxy groups -OCH3 is 1. The first-order chi connectivity index (χ1) is 20.3. The smallest absolute Gasteiger partial charge is 0.286 e. The molecule has 0 spiro atoms. The van der Waals surface area contributed by atoms with Gasteiger partial charge in [0.1, 0.15) is 5.75 Å². The van der Waals surface area contributed by atoms with E-state index in [1.54, 1.807) is 54.6 Å². The highest BCUT2D eigenvalue weighted by atomic mass is 16.5. The Morgan fingerprint density at radius 1 is 0.791 bits per heavy atom. The van der Waals surface area contributed by atoms with Crippen LogP contribution >= 0.6 is 0 Å². The zero-order chi connectivity index (χ0) is 31.8. The largest absolute Gasteiger partial charge is 0.480 e. The number of carbonyl (C=O) groups excluding carboxylic acids is 3. The van der Waals surface area contributed by atoms with Crippen LogP contribution in [0.1, 0.15) is 89.2 Å². The molecule has 7 heteroatoms. The lowest BCUT2D eigenvalue weighted by Crippen LogP contribution is -2.65. The molecule has 0 fully saturated rings. The molecule has 0 radical (unpaired) electrons. The summed E-state index contributed by atoms with van der Waals surface area (Å²) in [7, 11) is 1.23. The average molecular weight is 587 g/mol. The highest BCUT2D eigenvalue weighted by Gasteiger charge is 2.49. The van der Waals surface area contributed by atoms with Gasteiger partial charge < -0.3 is 20.1 Å². The van der Waals surface area contributed by atoms with Crippen molar-refractivity contribution in [1.29, 1.82) is 0 Å². The Morgan fingerprint density at radius 3 is 1.91 bits per heavy atom. The van der Waals surface area contributed by atoms with Crippen LogP contribution in [0.2, 0.25) is 0 Å². The molecule has 2 atom stereocenters. The van der Waals surface area contributed by atoms with Crippen LogP contribution in [0, 0.1) is 0 Å². The molecule has 2 unspecified atom stereocenters. The molecule has 0 aliphatic carbocycles. The van der Waals surface area contributed by atoms with Gasteiger partial charge in [-0.1, -0.05) is 109 Å². The van der Waals surface area contributed by atoms with Crippen molar-refractivity contribution in [2.24, 2.45) is 0 Å². The van der Waals surface area contributed by atoms with Gasteiger partial charge in [0.25, 0.3) is 17.5 Å². The molecular formula is C36H46N2O5. The summed E-state index contributed by atoms with van der Waals surface area (Å²) in [5.41, 5.74) is 0.267. The number of carbonyl (C=O) groups is 3. The van der Waals surface area contributed by atoms with E-state index in [0.29, 0.717) is 17.9 Å². The number of nitrogens with one attached hydrogen (secondary N) is 2. The molecule has 230 valence electrons. The molecule has 0 saturated heterocycles. The second-order valence-corrected chi connectivity index (χ2v) is 12.1. The quantitative estimate of drug-likeness (QED) is 0.118. The number of rotatable bonds is 14. The maximum Gasteiger partial charge on any atom is 0.286 e. The molecule has 0 saturated carbocycles. The molecule has 0 aliphatic rings. The molecule has 0 aliphatic heterocycles. The van der Waals surface area contributed by atoms with E-state index >= 15 is 0 Å². The molecule has 0 bridgehead atoms. The van der Waals surface area contributed by atoms with Crippen LogP contribution in [0.25, 0.3) is 0 Å². The molecule has 2 N–H and O–H groups in total. The van der Waals surface area contributed by atoms with Gasteiger partial charge in [-0.05, 0) is 53.9 Å². The first-order valence-electron chi connectivity index (χ1n) is 15.0. The lowest BCUT2D eigenvalue weighted by molar-refractivity contribution is -0.146. The first-order valence-corrected chi connectivity index (χ1v) is 15.0. The minimum Gasteiger partial charge on any atom is -0.480 e. The van der Waals surface area contributed by atoms with E-state index in [4.69, 9.17) is 9.47 Å². The lowest BCUT2D eigenvalue weighted by Gasteiger charge is -2.33. The number of ether oxygens (including phenoxy) is 2. The van der Waals surface area contributed by atoms with Crippen molar-refractivity contribution >= 4 is 23.3 Å². The van der Waals surface area contributed by atoms with E-state index in [-0.39, 0.29) is 16.4 Å². The second kappa shape index (κ2) is 14.0. The number of para-hydroxylation sites is 1. The van der Waals surface area contributed by atoms with E-state index in [1.807, 2.05) is 25.1 Å². The molecule has 7 nitrogen and oxygen atoms in total. The number of Topliss-reactive ketones (excluding diaryl/α,β-unsaturated/α-hetero) is 1. The van der Waals surface area contributed by atoms with Crippen LogP contribution in [-0.4, -0.2) is 36.5 Å². The summed E-state index contributed by atoms with van der Waals surface area (Å²) in [4.78, 5) is 41.5. The topological polar surface area (TPSA) is 93.7 Å². The standard InChI is InChI=1S/C36H46N2O5/c1-9-29(43-30-23-22-26(34(4,5)10-2)24-28(30)35(6,7)11-3)32(40)38-36(42-8,31(39)25-18-14-12-15-19-25)33(41)37-27-20-16-13-17-21-27/h12-24,29H,9-11H2,1-8H3,(H,37,41)(H,38,40). The van der Waals surface area contributed by atoms with Crippen molar-refractivity contribution in [3.63, 3.8) is 0 Å². The zero-order valence-electron chi connectivity index (χ0n) is 26.7. The van der Waals surface area contributed by atoms with Gasteiger partial charge in [-0.2, -0.15) is 0 Å². The third kappa shape index (κ3) is 7.52. The molecule has 3 rings (SSSR count). The summed E-state index contributed by atoms with van der Waals surface area (Å²) in [5.74, 6) is -1.57. The number of anilines is 1. The Balaban J connectivity index is 2.01. The fourth-order valence-corrected chi connectivity index (χ4v) is 4.69. The van der Waals surface area contributed by atoms with E-state index in [1.165, 1.54) is 12.7 Å². The van der Waals surface area contributed by atoms with Crippen molar-refractivity contribution in [3.05, 3.63) is 95.6 Å². The Morgan fingerprint density at radius 2 is 1.37 bits per heavy atom. The van der Waals surface area contributed by atoms with Crippen molar-refractivity contribution < 1.29 is 23.9 Å². The maximum atomic E-state index is 13.9. The summed E-state index contributed by atoms with van der Waals surface area (Å²) in [6, 6.07) is 23.1. The second-order valence-electron chi connectivity index (χ2n) is 12.1. The van der Waals surface area contributed by atoms with Gasteiger partial charge in [-0.15, -0.1) is 0 Å². The van der Waals surface area contributed by atoms with Crippen molar-refractivity contribution in [2.75, 3.05) is 12.4 Å². The highest BCUT2D eigenvalue weighted by molar-refractivity contribution is 6.21. The van der Waals surface area contributed by atoms with E-state index < -0.39 is 29.4 Å². The summed E-state index contributed by atoms with van der Waals surface area (Å²) in [6.45, 7) is 14.8. The summed E-state index contributed by atoms with van der Waals surface area (Å²) in [6.07, 6.45) is 1.12. The van der Waals surface area contributed by atoms with Gasteiger partial charge in [0.05, 0.1) is 0 Å². The van der Waals surface area contributed by atoms with Gasteiger partial charge in [-0.3, -0.25) is 14.4 Å². The van der Waals surface area contributed by atoms with Crippen LogP contribution < -0.4 is 15.4 Å². The zero-order valence-corrected chi connectivity index (χ0v) is 26.7. The van der Waals surface area contributed by atoms with Gasteiger partial charge in [0.2, 0.25) is 5.78 Å². The van der Waals surface area contributed by atoms with E-state index in [9.17, 15) is 14.4 Å². The van der Waals surface area contributed by atoms with Gasteiger partial charge in [0, 0.05) is 23.9 Å². The molecule has 3 aromatic carbocycles. The number of ketones is 1. The third-order valence-corrected chi connectivity index (χ3v) is 8.50. The minimum absolute atomic E-state index is 0.0272. The van der Waals surface area contributed by atoms with E-state index in [2.05, 4.69) is 58.2 Å². The van der Waals surface area contributed by atoms with Crippen LogP contribution in [0.15, 0.2) is 78.9 Å². The SMILES string of the molecule is CCC(Oc1ccc(C(C)(C)CC)cc1C(C)(C)CC)C(=O)NC(OC)(C(=O)Nc1ccccc1)C(=O)c1ccccc1. The molecule has 0 heterocycles. The highest BCUT2D eigenvalue weighted by Crippen LogP contribution is 2.39. The number of hydrogen-bond donors (Lipinski definition) is 2. The molecule has 3 aromatic rings. The van der Waals surface area contributed by atoms with Crippen LogP contribution in [0.5, 0.6) is 5.75 Å². The predicted octanol–water partition coefficient (Wildman–Crippen LogP) is 7.20. The lowest BCUT2D eigenvalue weighted by atomic mass is 9.76. The van der Waals surface area contributed by atoms with Gasteiger partial charge >= 0.3 is 0 Å². The first kappa shape index (κ1) is 33.5. The number of amides is 2. The molecule has 0 aromatic heterocycles. The average Bonchev–Trinajstić information content (AvgIpc) is 3.02. The van der Waals surface area contributed by atoms with Gasteiger partial charge in [-0.25, -0.2) is 0 Å². The maximum absolute atomic E-state index is 13.9. The minimum atomic E-state index is -2.34. The monoisotopic (exact) mass is 586 g/mol. The Kier molecular flexibility index (Phi) is 10.9. The Labute approximate surface area is 256 Å². The number of hydrogen-bond acceptors (Lipinski definition) is 5. The fourth-order valence-electron chi connectivity index (χ4n) is 4.69. The van der Waals surface area contributed by atoms with E-state index in [0.717, 1.165) is 18.4 Å². The van der Waals surface area contributed by atoms with Crippen LogP contribution in [-0.2, 0) is 25.2 Å². The summed E-state index contributed by atoms with van der Waals surface area (Å²) in [5, 5.41) is 5.36. The van der Waals surface area contributed by atoms with Crippen LogP contribution in [0.4, 0.5) is 5.69 Å². The van der Waals surface area contributed by atoms with Crippen molar-refractivity contribution in [3.8, 4) is 5.75 Å². The Hall–Kier alpha value is -3.97. The van der Waals surface area contributed by atoms with Crippen molar-refractivity contribution in [1.82, 2.24) is 5.32 Å². The molecule has 43 heavy (non-hydrogen) atoms. The normalized spacial score (nSPS) is 13.9. The summed E-state index contributed by atoms with van der Waals surface area (Å²) >= 11 is 0. The third-order valence-electron chi connectivity index (χ3n) is 8.50. The number of benzene rings is 3. The van der Waals surface area contributed by atoms with Crippen LogP contribution in [0.3, 0.4) is 0 Å².